The number of nitrogens with one attached hydrogen (secondary N) is 1. The average molecular weight is 433 g/mol. The smallest absolute Gasteiger partial charge is 0.338 e. The molecule has 1 N–H and O–H groups in total. The maximum absolute atomic E-state index is 13.0. The number of carbonyl (C=O) groups excluding carboxylic acids is 2. The topological polar surface area (TPSA) is 92.8 Å². The van der Waals surface area contributed by atoms with E-state index in [1.54, 1.807) is 35.7 Å². The van der Waals surface area contributed by atoms with Crippen molar-refractivity contribution in [2.45, 2.75) is 35.3 Å². The lowest BCUT2D eigenvalue weighted by Crippen LogP contribution is -2.35. The number of carbonyl (C=O) groups is 2. The summed E-state index contributed by atoms with van der Waals surface area (Å²) in [7, 11) is -3.90. The van der Waals surface area contributed by atoms with Crippen molar-refractivity contribution in [1.29, 1.82) is 0 Å². The van der Waals surface area contributed by atoms with E-state index < -0.39 is 16.0 Å². The standard InChI is InChI=1S/C20H20N2O5S2/c1-3-27-20(24)13-4-6-14(7-5-13)21-29(25,26)17-9-8-16-19-15(17)10-18(23)22(19)11-12(2)28-16/h4-9,12,21H,3,10-11H2,1-2H3. The molecule has 152 valence electrons. The number of nitrogens with zero attached hydrogens (tertiary/aromatic N) is 1. The molecule has 2 aromatic carbocycles. The van der Waals surface area contributed by atoms with Gasteiger partial charge in [0.2, 0.25) is 5.91 Å². The Morgan fingerprint density at radius 3 is 2.66 bits per heavy atom. The zero-order valence-electron chi connectivity index (χ0n) is 16.0. The third-order valence-corrected chi connectivity index (χ3v) is 7.41. The molecule has 0 saturated carbocycles. The van der Waals surface area contributed by atoms with Gasteiger partial charge in [0.05, 0.1) is 29.2 Å². The molecule has 29 heavy (non-hydrogen) atoms. The number of ether oxygens (including phenoxy) is 1. The Labute approximate surface area is 173 Å². The van der Waals surface area contributed by atoms with Crippen LogP contribution in [-0.2, 0) is 26.0 Å². The van der Waals surface area contributed by atoms with Crippen molar-refractivity contribution in [1.82, 2.24) is 0 Å². The fourth-order valence-corrected chi connectivity index (χ4v) is 6.03. The van der Waals surface area contributed by atoms with Gasteiger partial charge in [-0.25, -0.2) is 13.2 Å². The minimum atomic E-state index is -3.90. The summed E-state index contributed by atoms with van der Waals surface area (Å²) in [4.78, 5) is 26.9. The van der Waals surface area contributed by atoms with Gasteiger partial charge >= 0.3 is 5.97 Å². The number of esters is 1. The molecular weight excluding hydrogens is 412 g/mol. The first-order valence-corrected chi connectivity index (χ1v) is 11.6. The van der Waals surface area contributed by atoms with E-state index in [-0.39, 0.29) is 29.1 Å². The van der Waals surface area contributed by atoms with E-state index in [4.69, 9.17) is 4.74 Å². The SMILES string of the molecule is CCOC(=O)c1ccc(NS(=O)(=O)c2ccc3c4c2CC(=O)N4CC(C)S3)cc1. The molecule has 1 unspecified atom stereocenters. The maximum Gasteiger partial charge on any atom is 0.338 e. The van der Waals surface area contributed by atoms with E-state index in [1.165, 1.54) is 24.3 Å². The van der Waals surface area contributed by atoms with Gasteiger partial charge in [0.25, 0.3) is 10.0 Å². The number of benzene rings is 2. The molecule has 0 saturated heterocycles. The summed E-state index contributed by atoms with van der Waals surface area (Å²) in [6, 6.07) is 9.36. The van der Waals surface area contributed by atoms with Crippen LogP contribution < -0.4 is 9.62 Å². The first kappa shape index (κ1) is 19.8. The summed E-state index contributed by atoms with van der Waals surface area (Å²) in [6.45, 7) is 4.61. The van der Waals surface area contributed by atoms with Crippen molar-refractivity contribution in [3.05, 3.63) is 47.5 Å². The molecule has 7 nitrogen and oxygen atoms in total. The highest BCUT2D eigenvalue weighted by Gasteiger charge is 2.38. The van der Waals surface area contributed by atoms with E-state index in [2.05, 4.69) is 4.72 Å². The zero-order valence-corrected chi connectivity index (χ0v) is 17.6. The summed E-state index contributed by atoms with van der Waals surface area (Å²) in [5.74, 6) is -0.537. The second-order valence-electron chi connectivity index (χ2n) is 6.90. The second-order valence-corrected chi connectivity index (χ2v) is 10.0. The first-order valence-electron chi connectivity index (χ1n) is 9.23. The maximum atomic E-state index is 13.0. The van der Waals surface area contributed by atoms with Gasteiger partial charge in [-0.3, -0.25) is 9.52 Å². The number of sulfonamides is 1. The molecule has 4 rings (SSSR count). The van der Waals surface area contributed by atoms with Crippen molar-refractivity contribution >= 4 is 45.0 Å². The molecule has 2 aliphatic rings. The number of rotatable bonds is 5. The summed E-state index contributed by atoms with van der Waals surface area (Å²) in [6.07, 6.45) is 0.0779. The Balaban J connectivity index is 1.64. The number of hydrogen-bond acceptors (Lipinski definition) is 6. The lowest BCUT2D eigenvalue weighted by molar-refractivity contribution is -0.117. The molecule has 2 aliphatic heterocycles. The molecule has 0 spiro atoms. The van der Waals surface area contributed by atoms with Gasteiger partial charge < -0.3 is 9.64 Å². The quantitative estimate of drug-likeness (QED) is 0.730. The van der Waals surface area contributed by atoms with Crippen LogP contribution in [-0.4, -0.2) is 38.7 Å². The molecular formula is C20H20N2O5S2. The Bertz CT molecular complexity index is 1100. The highest BCUT2D eigenvalue weighted by Crippen LogP contribution is 2.46. The molecule has 1 atom stereocenters. The van der Waals surface area contributed by atoms with E-state index >= 15 is 0 Å². The Morgan fingerprint density at radius 2 is 1.97 bits per heavy atom. The average Bonchev–Trinajstić information content (AvgIpc) is 2.99. The summed E-state index contributed by atoms with van der Waals surface area (Å²) >= 11 is 1.65. The lowest BCUT2D eigenvalue weighted by Gasteiger charge is -2.29. The zero-order chi connectivity index (χ0) is 20.8. The summed E-state index contributed by atoms with van der Waals surface area (Å²) < 4.78 is 33.5. The molecule has 0 aromatic heterocycles. The van der Waals surface area contributed by atoms with Crippen molar-refractivity contribution in [2.24, 2.45) is 0 Å². The van der Waals surface area contributed by atoms with Crippen molar-refractivity contribution in [3.8, 4) is 0 Å². The highest BCUT2D eigenvalue weighted by molar-refractivity contribution is 8.00. The van der Waals surface area contributed by atoms with Gasteiger partial charge in [0.15, 0.2) is 0 Å². The molecule has 2 aromatic rings. The predicted octanol–water partition coefficient (Wildman–Crippen LogP) is 3.05. The van der Waals surface area contributed by atoms with E-state index in [0.29, 0.717) is 23.4 Å². The minimum Gasteiger partial charge on any atom is -0.462 e. The van der Waals surface area contributed by atoms with Crippen LogP contribution >= 0.6 is 11.8 Å². The van der Waals surface area contributed by atoms with E-state index in [1.807, 2.05) is 6.92 Å². The molecule has 0 bridgehead atoms. The first-order chi connectivity index (χ1) is 13.8. The normalized spacial score (nSPS) is 17.8. The number of hydrogen-bond donors (Lipinski definition) is 1. The Kier molecular flexibility index (Phi) is 5.04. The van der Waals surface area contributed by atoms with Crippen molar-refractivity contribution < 1.29 is 22.7 Å². The fraction of sp³-hybridized carbons (Fsp3) is 0.300. The van der Waals surface area contributed by atoms with Gasteiger partial charge in [-0.2, -0.15) is 0 Å². The van der Waals surface area contributed by atoms with Gasteiger partial charge in [-0.1, -0.05) is 6.92 Å². The van der Waals surface area contributed by atoms with E-state index in [0.717, 1.165) is 10.6 Å². The van der Waals surface area contributed by atoms with Crippen LogP contribution in [0.1, 0.15) is 29.8 Å². The summed E-state index contributed by atoms with van der Waals surface area (Å²) in [5, 5.41) is 0.260. The van der Waals surface area contributed by atoms with Crippen LogP contribution in [0.4, 0.5) is 11.4 Å². The molecule has 2 heterocycles. The van der Waals surface area contributed by atoms with Gasteiger partial charge in [0, 0.05) is 27.9 Å². The molecule has 0 radical (unpaired) electrons. The third-order valence-electron chi connectivity index (χ3n) is 4.81. The van der Waals surface area contributed by atoms with Gasteiger partial charge in [-0.15, -0.1) is 11.8 Å². The molecule has 1 amide bonds. The molecule has 0 aliphatic carbocycles. The molecule has 9 heteroatoms. The third kappa shape index (κ3) is 3.60. The van der Waals surface area contributed by atoms with Crippen LogP contribution in [0.5, 0.6) is 0 Å². The van der Waals surface area contributed by atoms with Crippen LogP contribution in [0.25, 0.3) is 0 Å². The lowest BCUT2D eigenvalue weighted by atomic mass is 10.1. The summed E-state index contributed by atoms with van der Waals surface area (Å²) in [5.41, 5.74) is 1.93. The minimum absolute atomic E-state index is 0.0742. The Morgan fingerprint density at radius 1 is 1.24 bits per heavy atom. The second kappa shape index (κ2) is 7.38. The van der Waals surface area contributed by atoms with E-state index in [9.17, 15) is 18.0 Å². The van der Waals surface area contributed by atoms with Gasteiger partial charge in [0.1, 0.15) is 0 Å². The van der Waals surface area contributed by atoms with Crippen LogP contribution in [0.15, 0.2) is 46.2 Å². The number of amides is 1. The Hall–Kier alpha value is -2.52. The highest BCUT2D eigenvalue weighted by atomic mass is 32.2. The van der Waals surface area contributed by atoms with Crippen LogP contribution in [0, 0.1) is 0 Å². The molecule has 0 fully saturated rings. The number of thioether (sulfide) groups is 1. The monoisotopic (exact) mass is 432 g/mol. The van der Waals surface area contributed by atoms with Crippen molar-refractivity contribution in [2.75, 3.05) is 22.8 Å². The van der Waals surface area contributed by atoms with Gasteiger partial charge in [-0.05, 0) is 43.3 Å². The van der Waals surface area contributed by atoms with Crippen molar-refractivity contribution in [3.63, 3.8) is 0 Å². The fourth-order valence-electron chi connectivity index (χ4n) is 3.58. The largest absolute Gasteiger partial charge is 0.462 e. The van der Waals surface area contributed by atoms with Crippen LogP contribution in [0.3, 0.4) is 0 Å². The predicted molar refractivity (Wildman–Crippen MR) is 111 cm³/mol. The van der Waals surface area contributed by atoms with Crippen LogP contribution in [0.2, 0.25) is 0 Å². The number of anilines is 2.